The Hall–Kier alpha value is -1.80. The normalized spacial score (nSPS) is 32.9. The molecule has 4 bridgehead atoms. The summed E-state index contributed by atoms with van der Waals surface area (Å²) in [4.78, 5) is 2.52. The average molecular weight is 388 g/mol. The van der Waals surface area contributed by atoms with Crippen molar-refractivity contribution in [2.45, 2.75) is 56.9 Å². The Morgan fingerprint density at radius 3 is 2.17 bits per heavy atom. The first kappa shape index (κ1) is 18.0. The van der Waals surface area contributed by atoms with Gasteiger partial charge in [0, 0.05) is 19.6 Å². The smallest absolute Gasteiger partial charge is 0.119 e. The van der Waals surface area contributed by atoms with Crippen LogP contribution in [-0.2, 0) is 18.4 Å². The molecule has 2 aromatic rings. The number of hydrogen-bond acceptors (Lipinski definition) is 2. The molecule has 0 radical (unpaired) electrons. The summed E-state index contributed by atoms with van der Waals surface area (Å²) in [6.07, 6.45) is 10.0. The van der Waals surface area contributed by atoms with E-state index in [9.17, 15) is 0 Å². The first-order chi connectivity index (χ1) is 14.3. The first-order valence-electron chi connectivity index (χ1n) is 11.8. The molecule has 152 valence electrons. The Bertz CT molecular complexity index is 835. The van der Waals surface area contributed by atoms with Crippen LogP contribution in [0, 0.1) is 17.8 Å². The van der Waals surface area contributed by atoms with E-state index in [0.29, 0.717) is 5.41 Å². The molecule has 4 fully saturated rings. The summed E-state index contributed by atoms with van der Waals surface area (Å²) in [6, 6.07) is 18.1. The number of nitrogens with zero attached hydrogens (tertiary/aromatic N) is 1. The Balaban J connectivity index is 1.06. The molecule has 0 saturated heterocycles. The van der Waals surface area contributed by atoms with Crippen LogP contribution in [0.15, 0.2) is 48.5 Å². The number of benzene rings is 2. The van der Waals surface area contributed by atoms with Gasteiger partial charge in [-0.2, -0.15) is 0 Å². The Morgan fingerprint density at radius 2 is 1.48 bits per heavy atom. The van der Waals surface area contributed by atoms with Crippen molar-refractivity contribution >= 4 is 0 Å². The van der Waals surface area contributed by atoms with Crippen molar-refractivity contribution in [3.05, 3.63) is 65.2 Å². The van der Waals surface area contributed by atoms with Gasteiger partial charge in [0.15, 0.2) is 0 Å². The van der Waals surface area contributed by atoms with Crippen LogP contribution in [0.3, 0.4) is 0 Å². The van der Waals surface area contributed by atoms with Crippen LogP contribution in [0.1, 0.15) is 55.2 Å². The predicted molar refractivity (Wildman–Crippen MR) is 117 cm³/mol. The number of rotatable bonds is 5. The molecule has 0 spiro atoms. The highest BCUT2D eigenvalue weighted by atomic mass is 16.5. The molecular formula is C27H33NO. The molecule has 4 saturated carbocycles. The summed E-state index contributed by atoms with van der Waals surface area (Å²) in [7, 11) is 0. The van der Waals surface area contributed by atoms with Gasteiger partial charge in [0.25, 0.3) is 0 Å². The van der Waals surface area contributed by atoms with Crippen LogP contribution in [-0.4, -0.2) is 24.6 Å². The van der Waals surface area contributed by atoms with E-state index < -0.39 is 0 Å². The van der Waals surface area contributed by atoms with Crippen molar-refractivity contribution in [1.82, 2.24) is 4.90 Å². The minimum absolute atomic E-state index is 0.495. The summed E-state index contributed by atoms with van der Waals surface area (Å²) >= 11 is 0. The molecule has 0 aromatic heterocycles. The van der Waals surface area contributed by atoms with Crippen molar-refractivity contribution in [3.8, 4) is 5.75 Å². The molecule has 5 aliphatic rings. The van der Waals surface area contributed by atoms with Gasteiger partial charge in [-0.25, -0.2) is 0 Å². The maximum Gasteiger partial charge on any atom is 0.119 e. The molecule has 2 heteroatoms. The lowest BCUT2D eigenvalue weighted by atomic mass is 9.48. The van der Waals surface area contributed by atoms with Crippen molar-refractivity contribution in [1.29, 1.82) is 0 Å². The van der Waals surface area contributed by atoms with Crippen molar-refractivity contribution in [2.75, 3.05) is 19.7 Å². The van der Waals surface area contributed by atoms with E-state index in [0.717, 1.165) is 56.2 Å². The largest absolute Gasteiger partial charge is 0.492 e. The second-order valence-electron chi connectivity index (χ2n) is 10.4. The predicted octanol–water partition coefficient (Wildman–Crippen LogP) is 5.59. The zero-order chi connectivity index (χ0) is 19.3. The lowest BCUT2D eigenvalue weighted by Gasteiger charge is -2.57. The maximum atomic E-state index is 6.13. The van der Waals surface area contributed by atoms with Crippen molar-refractivity contribution in [3.63, 3.8) is 0 Å². The third kappa shape index (κ3) is 3.40. The summed E-state index contributed by atoms with van der Waals surface area (Å²) in [5.41, 5.74) is 5.09. The zero-order valence-corrected chi connectivity index (χ0v) is 17.5. The van der Waals surface area contributed by atoms with Gasteiger partial charge in [0.1, 0.15) is 12.4 Å². The maximum absolute atomic E-state index is 6.13. The third-order valence-corrected chi connectivity index (χ3v) is 8.39. The Labute approximate surface area is 175 Å². The minimum atomic E-state index is 0.495. The fourth-order valence-corrected chi connectivity index (χ4v) is 7.41. The number of fused-ring (bicyclic) bond motifs is 1. The molecule has 2 nitrogen and oxygen atoms in total. The van der Waals surface area contributed by atoms with E-state index in [-0.39, 0.29) is 0 Å². The summed E-state index contributed by atoms with van der Waals surface area (Å²) in [5.74, 6) is 4.06. The van der Waals surface area contributed by atoms with Gasteiger partial charge >= 0.3 is 0 Å². The second kappa shape index (κ2) is 7.16. The van der Waals surface area contributed by atoms with Crippen LogP contribution in [0.4, 0.5) is 0 Å². The van der Waals surface area contributed by atoms with Gasteiger partial charge < -0.3 is 4.74 Å². The Morgan fingerprint density at radius 1 is 0.828 bits per heavy atom. The van der Waals surface area contributed by atoms with E-state index in [2.05, 4.69) is 53.4 Å². The molecule has 0 N–H and O–H groups in total. The molecule has 2 aromatic carbocycles. The van der Waals surface area contributed by atoms with E-state index in [4.69, 9.17) is 4.74 Å². The Kier molecular flexibility index (Phi) is 4.45. The van der Waals surface area contributed by atoms with E-state index in [1.165, 1.54) is 49.7 Å². The van der Waals surface area contributed by atoms with Gasteiger partial charge in [0.05, 0.1) is 0 Å². The topological polar surface area (TPSA) is 12.5 Å². The highest BCUT2D eigenvalue weighted by Gasteiger charge is 2.51. The van der Waals surface area contributed by atoms with Gasteiger partial charge in [0.2, 0.25) is 0 Å². The standard InChI is InChI=1S/C27H33NO/c1-2-4-24-19-28(10-9-23(24)3-1)11-12-29-26-7-5-25(6-8-26)27-16-20-13-21(17-27)15-22(14-20)18-27/h1-8,20-22H,9-19H2. The molecule has 0 amide bonds. The lowest BCUT2D eigenvalue weighted by Crippen LogP contribution is -2.48. The first-order valence-corrected chi connectivity index (χ1v) is 11.8. The zero-order valence-electron chi connectivity index (χ0n) is 17.5. The number of ether oxygens (including phenoxy) is 1. The summed E-state index contributed by atoms with van der Waals surface area (Å²) < 4.78 is 6.13. The van der Waals surface area contributed by atoms with Gasteiger partial charge in [-0.3, -0.25) is 4.90 Å². The molecule has 0 atom stereocenters. The SMILES string of the molecule is c1ccc2c(c1)CCN(CCOc1ccc(C34CC5CC(CC(C5)C3)C4)cc1)C2. The third-order valence-electron chi connectivity index (χ3n) is 8.39. The molecule has 0 unspecified atom stereocenters. The molecule has 4 aliphatic carbocycles. The van der Waals surface area contributed by atoms with Crippen LogP contribution < -0.4 is 4.74 Å². The fraction of sp³-hybridized carbons (Fsp3) is 0.556. The van der Waals surface area contributed by atoms with Gasteiger partial charge in [-0.1, -0.05) is 36.4 Å². The highest BCUT2D eigenvalue weighted by Crippen LogP contribution is 2.60. The molecule has 1 heterocycles. The average Bonchev–Trinajstić information content (AvgIpc) is 2.73. The highest BCUT2D eigenvalue weighted by molar-refractivity contribution is 5.34. The monoisotopic (exact) mass is 387 g/mol. The minimum Gasteiger partial charge on any atom is -0.492 e. The molecule has 7 rings (SSSR count). The fourth-order valence-electron chi connectivity index (χ4n) is 7.41. The molecule has 29 heavy (non-hydrogen) atoms. The second-order valence-corrected chi connectivity index (χ2v) is 10.4. The molecular weight excluding hydrogens is 354 g/mol. The lowest BCUT2D eigenvalue weighted by molar-refractivity contribution is -0.00520. The van der Waals surface area contributed by atoms with Gasteiger partial charge in [-0.05, 0) is 96.9 Å². The number of hydrogen-bond donors (Lipinski definition) is 0. The molecule has 1 aliphatic heterocycles. The van der Waals surface area contributed by atoms with Crippen LogP contribution in [0.25, 0.3) is 0 Å². The van der Waals surface area contributed by atoms with E-state index in [1.54, 1.807) is 5.56 Å². The van der Waals surface area contributed by atoms with Crippen LogP contribution >= 0.6 is 0 Å². The van der Waals surface area contributed by atoms with Crippen molar-refractivity contribution < 1.29 is 4.74 Å². The van der Waals surface area contributed by atoms with Gasteiger partial charge in [-0.15, -0.1) is 0 Å². The summed E-state index contributed by atoms with van der Waals surface area (Å²) in [6.45, 7) is 3.99. The van der Waals surface area contributed by atoms with Crippen LogP contribution in [0.2, 0.25) is 0 Å². The van der Waals surface area contributed by atoms with Crippen LogP contribution in [0.5, 0.6) is 5.75 Å². The quantitative estimate of drug-likeness (QED) is 0.663. The summed E-state index contributed by atoms with van der Waals surface area (Å²) in [5, 5.41) is 0. The van der Waals surface area contributed by atoms with Crippen molar-refractivity contribution in [2.24, 2.45) is 17.8 Å². The van der Waals surface area contributed by atoms with E-state index in [1.807, 2.05) is 0 Å². The van der Waals surface area contributed by atoms with E-state index >= 15 is 0 Å².